The van der Waals surface area contributed by atoms with E-state index in [-0.39, 0.29) is 0 Å². The molecule has 0 aromatic heterocycles. The first-order chi connectivity index (χ1) is 19.0. The first kappa shape index (κ1) is 37.1. The van der Waals surface area contributed by atoms with Gasteiger partial charge in [0.1, 0.15) is 0 Å². The van der Waals surface area contributed by atoms with Gasteiger partial charge in [-0.25, -0.2) is 38.4 Å². The van der Waals surface area contributed by atoms with Crippen molar-refractivity contribution in [3.63, 3.8) is 0 Å². The number of hydrogen-bond acceptors (Lipinski definition) is 21. The predicted octanol–water partition coefficient (Wildman–Crippen LogP) is -0.832. The standard InChI is InChI=1S/C14H18N8O13Si6/c1-36(15-7-23,16-8-24)31-38(3,19-11-27)33-40(5,21-13-29)35-41(6,22-14-30)34-39(4,20-12-28)32-37(2,17-9-25)18-10-26/h1-6H3. The molecule has 0 amide bonds. The quantitative estimate of drug-likeness (QED) is 0.0975. The lowest BCUT2D eigenvalue weighted by atomic mass is 11.7. The third-order valence-electron chi connectivity index (χ3n) is 3.91. The molecule has 0 heterocycles. The molecule has 0 aromatic rings. The van der Waals surface area contributed by atoms with Gasteiger partial charge in [0.25, 0.3) is 0 Å². The predicted molar refractivity (Wildman–Crippen MR) is 140 cm³/mol. The Bertz CT molecular complexity index is 1260. The summed E-state index contributed by atoms with van der Waals surface area (Å²) in [6.07, 6.45) is 9.30. The summed E-state index contributed by atoms with van der Waals surface area (Å²) in [4.78, 5) is 88.4. The number of carbonyl (C=O) groups excluding carboxylic acids is 8. The van der Waals surface area contributed by atoms with E-state index in [4.69, 9.17) is 20.6 Å². The second-order valence-corrected chi connectivity index (χ2v) is 24.4. The van der Waals surface area contributed by atoms with Gasteiger partial charge in [-0.3, -0.25) is 0 Å². The van der Waals surface area contributed by atoms with Crippen molar-refractivity contribution in [2.75, 3.05) is 0 Å². The Morgan fingerprint density at radius 3 is 0.659 bits per heavy atom. The summed E-state index contributed by atoms with van der Waals surface area (Å²) in [5, 5.41) is 0. The number of isocyanates is 8. The van der Waals surface area contributed by atoms with Crippen molar-refractivity contribution in [3.05, 3.63) is 0 Å². The van der Waals surface area contributed by atoms with Crippen LogP contribution in [-0.4, -0.2) is 101 Å². The minimum absolute atomic E-state index is 1.06. The Kier molecular flexibility index (Phi) is 14.3. The van der Waals surface area contributed by atoms with Crippen molar-refractivity contribution in [1.82, 2.24) is 0 Å². The van der Waals surface area contributed by atoms with Crippen LogP contribution in [0.2, 0.25) is 39.3 Å². The largest absolute Gasteiger partial charge is 0.470 e. The van der Waals surface area contributed by atoms with Crippen LogP contribution in [0.25, 0.3) is 0 Å². The normalized spacial score (nSPS) is 18.7. The highest BCUT2D eigenvalue weighted by molar-refractivity contribution is 6.91. The van der Waals surface area contributed by atoms with Gasteiger partial charge in [-0.15, -0.1) is 0 Å². The summed E-state index contributed by atoms with van der Waals surface area (Å²) in [6, 6.07) is 0. The third kappa shape index (κ3) is 12.5. The van der Waals surface area contributed by atoms with Crippen molar-refractivity contribution in [3.8, 4) is 0 Å². The van der Waals surface area contributed by atoms with E-state index in [1.807, 2.05) is 0 Å². The van der Waals surface area contributed by atoms with Crippen molar-refractivity contribution in [2.24, 2.45) is 37.3 Å². The van der Waals surface area contributed by atoms with Crippen LogP contribution < -0.4 is 0 Å². The molecule has 0 spiro atoms. The SMILES string of the molecule is C[Si](N=C=O)(N=C=O)O[Si](C)(N=C=O)O[Si](C)(N=C=O)O[Si](C)(N=C=O)O[Si](C)(N=C=O)O[Si](C)(N=C=O)N=C=O. The fourth-order valence-corrected chi connectivity index (χ4v) is 22.8. The summed E-state index contributed by atoms with van der Waals surface area (Å²) in [6.45, 7) is 6.48. The van der Waals surface area contributed by atoms with Crippen molar-refractivity contribution < 1.29 is 58.9 Å². The molecule has 216 valence electrons. The molecule has 4 atom stereocenters. The first-order valence-electron chi connectivity index (χ1n) is 10.3. The number of rotatable bonds is 18. The maximum Gasteiger partial charge on any atom is 0.470 e. The van der Waals surface area contributed by atoms with E-state index < -0.39 is 52.2 Å². The molecule has 0 aliphatic rings. The van der Waals surface area contributed by atoms with E-state index in [0.717, 1.165) is 63.6 Å². The summed E-state index contributed by atoms with van der Waals surface area (Å²) in [5.74, 6) is 0. The van der Waals surface area contributed by atoms with E-state index >= 15 is 0 Å². The van der Waals surface area contributed by atoms with Crippen molar-refractivity contribution >= 4 is 101 Å². The van der Waals surface area contributed by atoms with Gasteiger partial charge in [0.2, 0.25) is 48.6 Å². The lowest BCUT2D eigenvalue weighted by Gasteiger charge is -2.37. The van der Waals surface area contributed by atoms with Gasteiger partial charge in [0.15, 0.2) is 0 Å². The zero-order chi connectivity index (χ0) is 31.8. The molecular formula is C14H18N8O13Si6. The fourth-order valence-electron chi connectivity index (χ4n) is 2.85. The van der Waals surface area contributed by atoms with Crippen molar-refractivity contribution in [1.29, 1.82) is 0 Å². The average molecular weight is 675 g/mol. The summed E-state index contributed by atoms with van der Waals surface area (Å²) >= 11 is 0. The van der Waals surface area contributed by atoms with Crippen LogP contribution in [0.4, 0.5) is 0 Å². The third-order valence-corrected chi connectivity index (χ3v) is 23.1. The van der Waals surface area contributed by atoms with Gasteiger partial charge in [0, 0.05) is 26.2 Å². The van der Waals surface area contributed by atoms with Gasteiger partial charge in [-0.05, 0) is 13.1 Å². The van der Waals surface area contributed by atoms with Crippen LogP contribution in [0.3, 0.4) is 0 Å². The summed E-state index contributed by atoms with van der Waals surface area (Å²) in [5.41, 5.74) is 0. The molecule has 0 N–H and O–H groups in total. The lowest BCUT2D eigenvalue weighted by molar-refractivity contribution is 0.270. The molecule has 21 nitrogen and oxygen atoms in total. The van der Waals surface area contributed by atoms with Gasteiger partial charge < -0.3 is 20.6 Å². The van der Waals surface area contributed by atoms with E-state index in [2.05, 4.69) is 37.3 Å². The lowest BCUT2D eigenvalue weighted by Crippen LogP contribution is -2.61. The van der Waals surface area contributed by atoms with Crippen LogP contribution in [0.5, 0.6) is 0 Å². The van der Waals surface area contributed by atoms with Gasteiger partial charge in [-0.1, -0.05) is 0 Å². The molecule has 0 bridgehead atoms. The molecule has 27 heteroatoms. The summed E-state index contributed by atoms with van der Waals surface area (Å²) < 4.78 is 55.4. The van der Waals surface area contributed by atoms with E-state index in [9.17, 15) is 38.4 Å². The Hall–Kier alpha value is -3.86. The highest BCUT2D eigenvalue weighted by Crippen LogP contribution is 2.30. The highest BCUT2D eigenvalue weighted by Gasteiger charge is 2.58. The van der Waals surface area contributed by atoms with Crippen LogP contribution in [0.15, 0.2) is 37.3 Å². The molecule has 0 radical (unpaired) electrons. The fraction of sp³-hybridized carbons (Fsp3) is 0.429. The van der Waals surface area contributed by atoms with Crippen molar-refractivity contribution in [2.45, 2.75) is 39.3 Å². The van der Waals surface area contributed by atoms with E-state index in [1.165, 1.54) is 24.3 Å². The Morgan fingerprint density at radius 1 is 0.317 bits per heavy atom. The maximum atomic E-state index is 11.3. The number of hydrogen-bond donors (Lipinski definition) is 0. The molecule has 0 fully saturated rings. The molecule has 4 unspecified atom stereocenters. The zero-order valence-corrected chi connectivity index (χ0v) is 27.9. The molecule has 0 saturated heterocycles. The Labute approximate surface area is 236 Å². The van der Waals surface area contributed by atoms with Gasteiger partial charge >= 0.3 is 52.2 Å². The van der Waals surface area contributed by atoms with E-state index in [1.54, 1.807) is 0 Å². The number of nitrogens with zero attached hydrogens (tertiary/aromatic N) is 8. The molecule has 0 rings (SSSR count). The molecular weight excluding hydrogens is 657 g/mol. The van der Waals surface area contributed by atoms with Crippen LogP contribution in [0.1, 0.15) is 0 Å². The molecule has 41 heavy (non-hydrogen) atoms. The molecule has 0 saturated carbocycles. The minimum Gasteiger partial charge on any atom is -0.383 e. The second-order valence-electron chi connectivity index (χ2n) is 7.59. The summed E-state index contributed by atoms with van der Waals surface area (Å²) in [7, 11) is -26.0. The smallest absolute Gasteiger partial charge is 0.383 e. The molecule has 0 aliphatic heterocycles. The van der Waals surface area contributed by atoms with Crippen LogP contribution in [0, 0.1) is 0 Å². The van der Waals surface area contributed by atoms with E-state index in [0.29, 0.717) is 0 Å². The first-order valence-corrected chi connectivity index (χ1v) is 23.9. The monoisotopic (exact) mass is 674 g/mol. The minimum atomic E-state index is -4.51. The highest BCUT2D eigenvalue weighted by atomic mass is 28.5. The van der Waals surface area contributed by atoms with Gasteiger partial charge in [0.05, 0.1) is 0 Å². The average Bonchev–Trinajstić information content (AvgIpc) is 2.78. The maximum absolute atomic E-state index is 11.3. The Morgan fingerprint density at radius 2 is 0.488 bits per heavy atom. The molecule has 0 aromatic carbocycles. The molecule has 0 aliphatic carbocycles. The zero-order valence-electron chi connectivity index (χ0n) is 21.9. The van der Waals surface area contributed by atoms with Crippen LogP contribution >= 0.6 is 0 Å². The Balaban J connectivity index is 6.92. The second kappa shape index (κ2) is 15.8. The van der Waals surface area contributed by atoms with Crippen LogP contribution in [-0.2, 0) is 58.9 Å². The topological polar surface area (TPSA) is 282 Å². The van der Waals surface area contributed by atoms with Gasteiger partial charge in [-0.2, -0.15) is 37.3 Å².